The Bertz CT molecular complexity index is 427. The van der Waals surface area contributed by atoms with Gasteiger partial charge in [0.15, 0.2) is 0 Å². The molecule has 0 bridgehead atoms. The SMILES string of the molecule is CSc1cc(C(N)CCC(=O)O)cc(SC)c1SC. The number of carboxylic acids is 1. The number of benzene rings is 1. The molecule has 1 aromatic carbocycles. The first-order valence-corrected chi connectivity index (χ1v) is 9.48. The van der Waals surface area contributed by atoms with Crippen molar-refractivity contribution >= 4 is 41.3 Å². The summed E-state index contributed by atoms with van der Waals surface area (Å²) in [6.45, 7) is 0. The van der Waals surface area contributed by atoms with E-state index in [4.69, 9.17) is 10.8 Å². The first kappa shape index (κ1) is 16.8. The third kappa shape index (κ3) is 4.63. The van der Waals surface area contributed by atoms with E-state index in [0.717, 1.165) is 5.56 Å². The van der Waals surface area contributed by atoms with Crippen molar-refractivity contribution in [1.29, 1.82) is 0 Å². The van der Waals surface area contributed by atoms with Crippen LogP contribution in [0.15, 0.2) is 26.8 Å². The molecule has 0 aliphatic carbocycles. The maximum absolute atomic E-state index is 10.6. The predicted octanol–water partition coefficient (Wildman–Crippen LogP) is 3.72. The number of carbonyl (C=O) groups is 1. The number of thioether (sulfide) groups is 3. The summed E-state index contributed by atoms with van der Waals surface area (Å²) in [7, 11) is 0. The fourth-order valence-corrected chi connectivity index (χ4v) is 4.44. The second kappa shape index (κ2) is 8.09. The van der Waals surface area contributed by atoms with Gasteiger partial charge in [-0.25, -0.2) is 0 Å². The Balaban J connectivity index is 3.04. The number of rotatable bonds is 7. The smallest absolute Gasteiger partial charge is 0.303 e. The lowest BCUT2D eigenvalue weighted by molar-refractivity contribution is -0.137. The van der Waals surface area contributed by atoms with Gasteiger partial charge in [0.05, 0.1) is 0 Å². The minimum absolute atomic E-state index is 0.106. The van der Waals surface area contributed by atoms with Gasteiger partial charge in [-0.05, 0) is 42.9 Å². The molecule has 3 N–H and O–H groups in total. The minimum Gasteiger partial charge on any atom is -0.481 e. The number of hydrogen-bond donors (Lipinski definition) is 2. The molecule has 0 spiro atoms. The normalized spacial score (nSPS) is 12.4. The van der Waals surface area contributed by atoms with E-state index < -0.39 is 5.97 Å². The summed E-state index contributed by atoms with van der Waals surface area (Å²) in [4.78, 5) is 14.3. The average Bonchev–Trinajstić information content (AvgIpc) is 2.42. The summed E-state index contributed by atoms with van der Waals surface area (Å²) in [5.74, 6) is -0.800. The molecule has 6 heteroatoms. The van der Waals surface area contributed by atoms with Crippen molar-refractivity contribution < 1.29 is 9.90 Å². The molecule has 1 unspecified atom stereocenters. The lowest BCUT2D eigenvalue weighted by atomic mass is 10.0. The topological polar surface area (TPSA) is 63.3 Å². The molecule has 0 aromatic heterocycles. The molecule has 0 aliphatic heterocycles. The lowest BCUT2D eigenvalue weighted by Crippen LogP contribution is -2.12. The third-order valence-corrected chi connectivity index (χ3v) is 5.41. The zero-order chi connectivity index (χ0) is 14.4. The van der Waals surface area contributed by atoms with E-state index in [1.54, 1.807) is 35.3 Å². The second-order valence-electron chi connectivity index (χ2n) is 4.00. The summed E-state index contributed by atoms with van der Waals surface area (Å²) in [6, 6.07) is 3.95. The van der Waals surface area contributed by atoms with E-state index >= 15 is 0 Å². The molecular formula is C13H19NO2S3. The number of hydrogen-bond acceptors (Lipinski definition) is 5. The Kier molecular flexibility index (Phi) is 7.13. The molecule has 0 saturated heterocycles. The monoisotopic (exact) mass is 317 g/mol. The molecule has 0 amide bonds. The van der Waals surface area contributed by atoms with Gasteiger partial charge in [-0.2, -0.15) is 0 Å². The van der Waals surface area contributed by atoms with Crippen molar-refractivity contribution in [3.8, 4) is 0 Å². The van der Waals surface area contributed by atoms with Crippen molar-refractivity contribution in [1.82, 2.24) is 0 Å². The summed E-state index contributed by atoms with van der Waals surface area (Å²) < 4.78 is 0. The summed E-state index contributed by atoms with van der Waals surface area (Å²) in [5, 5.41) is 8.73. The highest BCUT2D eigenvalue weighted by molar-refractivity contribution is 8.03. The first-order valence-electron chi connectivity index (χ1n) is 5.80. The molecule has 0 aliphatic rings. The van der Waals surface area contributed by atoms with Crippen LogP contribution < -0.4 is 5.73 Å². The van der Waals surface area contributed by atoms with E-state index in [9.17, 15) is 4.79 Å². The van der Waals surface area contributed by atoms with E-state index in [1.165, 1.54) is 14.7 Å². The molecule has 106 valence electrons. The summed E-state index contributed by atoms with van der Waals surface area (Å²) in [5.41, 5.74) is 7.11. The molecule has 0 radical (unpaired) electrons. The largest absolute Gasteiger partial charge is 0.481 e. The van der Waals surface area contributed by atoms with Crippen LogP contribution in [-0.4, -0.2) is 29.8 Å². The molecule has 0 fully saturated rings. The summed E-state index contributed by atoms with van der Waals surface area (Å²) in [6.07, 6.45) is 6.74. The van der Waals surface area contributed by atoms with E-state index in [-0.39, 0.29) is 12.5 Å². The molecule has 19 heavy (non-hydrogen) atoms. The van der Waals surface area contributed by atoms with E-state index in [2.05, 4.69) is 18.4 Å². The fraction of sp³-hybridized carbons (Fsp3) is 0.462. The van der Waals surface area contributed by atoms with Gasteiger partial charge in [0.25, 0.3) is 0 Å². The Labute approximate surface area is 127 Å². The van der Waals surface area contributed by atoms with Crippen molar-refractivity contribution in [3.05, 3.63) is 17.7 Å². The van der Waals surface area contributed by atoms with Crippen LogP contribution in [0.4, 0.5) is 0 Å². The van der Waals surface area contributed by atoms with E-state index in [0.29, 0.717) is 6.42 Å². The Morgan fingerprint density at radius 3 is 2.11 bits per heavy atom. The van der Waals surface area contributed by atoms with Crippen molar-refractivity contribution in [2.75, 3.05) is 18.8 Å². The molecule has 0 heterocycles. The average molecular weight is 318 g/mol. The molecular weight excluding hydrogens is 298 g/mol. The number of aliphatic carboxylic acids is 1. The quantitative estimate of drug-likeness (QED) is 0.747. The maximum atomic E-state index is 10.6. The van der Waals surface area contributed by atoms with Gasteiger partial charge in [0.2, 0.25) is 0 Å². The van der Waals surface area contributed by atoms with Crippen LogP contribution in [0.25, 0.3) is 0 Å². The highest BCUT2D eigenvalue weighted by Crippen LogP contribution is 2.38. The number of carboxylic acid groups (broad SMARTS) is 1. The van der Waals surface area contributed by atoms with Gasteiger partial charge in [-0.3, -0.25) is 4.79 Å². The van der Waals surface area contributed by atoms with Gasteiger partial charge in [0, 0.05) is 27.1 Å². The fourth-order valence-electron chi connectivity index (χ4n) is 1.76. The van der Waals surface area contributed by atoms with Gasteiger partial charge in [-0.1, -0.05) is 0 Å². The molecule has 0 saturated carbocycles. The zero-order valence-corrected chi connectivity index (χ0v) is 13.8. The lowest BCUT2D eigenvalue weighted by Gasteiger charge is -2.17. The van der Waals surface area contributed by atoms with Crippen LogP contribution in [0.3, 0.4) is 0 Å². The van der Waals surface area contributed by atoms with Gasteiger partial charge in [0.1, 0.15) is 0 Å². The van der Waals surface area contributed by atoms with Crippen LogP contribution in [-0.2, 0) is 4.79 Å². The van der Waals surface area contributed by atoms with Crippen LogP contribution in [0.5, 0.6) is 0 Å². The predicted molar refractivity (Wildman–Crippen MR) is 85.6 cm³/mol. The van der Waals surface area contributed by atoms with Crippen LogP contribution in [0, 0.1) is 0 Å². The molecule has 1 atom stereocenters. The highest BCUT2D eigenvalue weighted by Gasteiger charge is 2.14. The highest BCUT2D eigenvalue weighted by atomic mass is 32.2. The van der Waals surface area contributed by atoms with Crippen LogP contribution in [0.2, 0.25) is 0 Å². The van der Waals surface area contributed by atoms with Crippen molar-refractivity contribution in [2.24, 2.45) is 5.73 Å². The minimum atomic E-state index is -0.800. The third-order valence-electron chi connectivity index (χ3n) is 2.78. The first-order chi connectivity index (χ1) is 9.03. The zero-order valence-electron chi connectivity index (χ0n) is 11.3. The molecule has 1 rings (SSSR count). The van der Waals surface area contributed by atoms with Gasteiger partial charge < -0.3 is 10.8 Å². The standard InChI is InChI=1S/C13H19NO2S3/c1-17-10-6-8(9(14)4-5-12(15)16)7-11(18-2)13(10)19-3/h6-7,9H,4-5,14H2,1-3H3,(H,15,16). The van der Waals surface area contributed by atoms with Crippen molar-refractivity contribution in [2.45, 2.75) is 33.6 Å². The Morgan fingerprint density at radius 2 is 1.74 bits per heavy atom. The van der Waals surface area contributed by atoms with E-state index in [1.807, 2.05) is 12.5 Å². The maximum Gasteiger partial charge on any atom is 0.303 e. The molecule has 3 nitrogen and oxygen atoms in total. The van der Waals surface area contributed by atoms with Crippen LogP contribution >= 0.6 is 35.3 Å². The Hall–Kier alpha value is -0.300. The second-order valence-corrected chi connectivity index (χ2v) is 6.51. The molecule has 1 aromatic rings. The van der Waals surface area contributed by atoms with Gasteiger partial charge in [-0.15, -0.1) is 35.3 Å². The van der Waals surface area contributed by atoms with Crippen molar-refractivity contribution in [3.63, 3.8) is 0 Å². The summed E-state index contributed by atoms with van der Waals surface area (Å²) >= 11 is 5.13. The van der Waals surface area contributed by atoms with Crippen LogP contribution in [0.1, 0.15) is 24.4 Å². The Morgan fingerprint density at radius 1 is 1.21 bits per heavy atom. The number of nitrogens with two attached hydrogens (primary N) is 1. The van der Waals surface area contributed by atoms with Gasteiger partial charge >= 0.3 is 5.97 Å².